The summed E-state index contributed by atoms with van der Waals surface area (Å²) in [6, 6.07) is -0.542. The van der Waals surface area contributed by atoms with Gasteiger partial charge in [-0.25, -0.2) is 0 Å². The Labute approximate surface area is 109 Å². The third-order valence-corrected chi connectivity index (χ3v) is 3.06. The minimum absolute atomic E-state index is 0.0664. The van der Waals surface area contributed by atoms with Crippen molar-refractivity contribution in [2.45, 2.75) is 64.6 Å². The summed E-state index contributed by atoms with van der Waals surface area (Å²) in [6.07, 6.45) is 4.20. The van der Waals surface area contributed by atoms with Crippen LogP contribution >= 0.6 is 0 Å². The van der Waals surface area contributed by atoms with E-state index in [2.05, 4.69) is 16.0 Å². The van der Waals surface area contributed by atoms with E-state index in [-0.39, 0.29) is 23.9 Å². The van der Waals surface area contributed by atoms with Crippen molar-refractivity contribution in [3.63, 3.8) is 0 Å². The quantitative estimate of drug-likeness (QED) is 0.687. The van der Waals surface area contributed by atoms with Crippen LogP contribution in [-0.4, -0.2) is 36.5 Å². The number of carbonyl (C=O) groups excluding carboxylic acids is 2. The monoisotopic (exact) mass is 255 g/mol. The summed E-state index contributed by atoms with van der Waals surface area (Å²) in [5, 5.41) is 8.78. The van der Waals surface area contributed by atoms with Crippen LogP contribution < -0.4 is 16.0 Å². The molecule has 0 bridgehead atoms. The Morgan fingerprint density at radius 2 is 1.83 bits per heavy atom. The van der Waals surface area contributed by atoms with Gasteiger partial charge in [0.1, 0.15) is 6.04 Å². The molecule has 1 heterocycles. The molecule has 1 rings (SSSR count). The van der Waals surface area contributed by atoms with Crippen LogP contribution in [0.15, 0.2) is 0 Å². The summed E-state index contributed by atoms with van der Waals surface area (Å²) in [7, 11) is 0. The fraction of sp³-hybridized carbons (Fsp3) is 0.846. The number of rotatable bonds is 4. The van der Waals surface area contributed by atoms with Gasteiger partial charge in [0.15, 0.2) is 0 Å². The standard InChI is InChI=1S/C13H25N3O2/c1-9(2)15-12(17)10(3)16-13(18)11-7-5-4-6-8-14-11/h9-11,14H,4-8H2,1-3H3,(H,15,17)(H,16,18). The molecule has 0 aromatic rings. The molecule has 3 N–H and O–H groups in total. The van der Waals surface area contributed by atoms with Gasteiger partial charge >= 0.3 is 0 Å². The Balaban J connectivity index is 2.40. The van der Waals surface area contributed by atoms with E-state index in [1.807, 2.05) is 13.8 Å². The van der Waals surface area contributed by atoms with Crippen molar-refractivity contribution < 1.29 is 9.59 Å². The highest BCUT2D eigenvalue weighted by Crippen LogP contribution is 2.08. The van der Waals surface area contributed by atoms with Gasteiger partial charge in [-0.05, 0) is 40.2 Å². The first kappa shape index (κ1) is 15.0. The van der Waals surface area contributed by atoms with E-state index in [4.69, 9.17) is 0 Å². The van der Waals surface area contributed by atoms with Crippen LogP contribution in [0.25, 0.3) is 0 Å². The van der Waals surface area contributed by atoms with Gasteiger partial charge in [-0.1, -0.05) is 12.8 Å². The van der Waals surface area contributed by atoms with E-state index in [0.717, 1.165) is 25.8 Å². The highest BCUT2D eigenvalue weighted by molar-refractivity contribution is 5.89. The summed E-state index contributed by atoms with van der Waals surface area (Å²) in [5.74, 6) is -0.199. The van der Waals surface area contributed by atoms with Gasteiger partial charge in [0, 0.05) is 6.04 Å². The first-order valence-electron chi connectivity index (χ1n) is 6.85. The molecule has 0 aromatic heterocycles. The molecule has 18 heavy (non-hydrogen) atoms. The third kappa shape index (κ3) is 5.04. The van der Waals surface area contributed by atoms with Gasteiger partial charge in [0.25, 0.3) is 0 Å². The zero-order valence-electron chi connectivity index (χ0n) is 11.6. The molecule has 1 aliphatic rings. The first-order valence-corrected chi connectivity index (χ1v) is 6.85. The number of amides is 2. The van der Waals surface area contributed by atoms with Crippen LogP contribution in [0.1, 0.15) is 46.5 Å². The van der Waals surface area contributed by atoms with Crippen LogP contribution in [0.3, 0.4) is 0 Å². The zero-order valence-corrected chi connectivity index (χ0v) is 11.6. The lowest BCUT2D eigenvalue weighted by molar-refractivity contribution is -0.130. The Morgan fingerprint density at radius 1 is 1.11 bits per heavy atom. The minimum atomic E-state index is -0.482. The second kappa shape index (κ2) is 7.36. The van der Waals surface area contributed by atoms with E-state index >= 15 is 0 Å². The molecule has 0 aromatic carbocycles. The van der Waals surface area contributed by atoms with E-state index in [9.17, 15) is 9.59 Å². The molecule has 2 unspecified atom stereocenters. The molecule has 5 heteroatoms. The van der Waals surface area contributed by atoms with Crippen LogP contribution in [0.2, 0.25) is 0 Å². The van der Waals surface area contributed by atoms with Crippen molar-refractivity contribution in [3.8, 4) is 0 Å². The van der Waals surface area contributed by atoms with Gasteiger partial charge in [-0.3, -0.25) is 9.59 Å². The van der Waals surface area contributed by atoms with E-state index in [1.165, 1.54) is 6.42 Å². The molecule has 2 amide bonds. The summed E-state index contributed by atoms with van der Waals surface area (Å²) in [4.78, 5) is 23.7. The highest BCUT2D eigenvalue weighted by atomic mass is 16.2. The van der Waals surface area contributed by atoms with Crippen molar-refractivity contribution in [2.24, 2.45) is 0 Å². The van der Waals surface area contributed by atoms with Crippen LogP contribution in [-0.2, 0) is 9.59 Å². The van der Waals surface area contributed by atoms with Gasteiger partial charge in [0.2, 0.25) is 11.8 Å². The van der Waals surface area contributed by atoms with E-state index < -0.39 is 6.04 Å². The number of carbonyl (C=O) groups is 2. The molecule has 1 aliphatic heterocycles. The largest absolute Gasteiger partial charge is 0.352 e. The Kier molecular flexibility index (Phi) is 6.12. The van der Waals surface area contributed by atoms with Crippen molar-refractivity contribution in [3.05, 3.63) is 0 Å². The zero-order chi connectivity index (χ0) is 13.5. The SMILES string of the molecule is CC(C)NC(=O)C(C)NC(=O)C1CCCCCN1. The lowest BCUT2D eigenvalue weighted by Gasteiger charge is -2.20. The van der Waals surface area contributed by atoms with E-state index in [0.29, 0.717) is 0 Å². The van der Waals surface area contributed by atoms with Gasteiger partial charge in [-0.2, -0.15) is 0 Å². The van der Waals surface area contributed by atoms with Gasteiger partial charge in [0.05, 0.1) is 6.04 Å². The Hall–Kier alpha value is -1.10. The summed E-state index contributed by atoms with van der Waals surface area (Å²) >= 11 is 0. The number of hydrogen-bond donors (Lipinski definition) is 3. The van der Waals surface area contributed by atoms with Crippen molar-refractivity contribution >= 4 is 11.8 Å². The van der Waals surface area contributed by atoms with Crippen LogP contribution in [0.5, 0.6) is 0 Å². The summed E-state index contributed by atoms with van der Waals surface area (Å²) in [6.45, 7) is 6.40. The summed E-state index contributed by atoms with van der Waals surface area (Å²) in [5.41, 5.74) is 0. The molecule has 1 fully saturated rings. The Bertz CT molecular complexity index is 284. The predicted octanol–water partition coefficient (Wildman–Crippen LogP) is 0.548. The average molecular weight is 255 g/mol. The molecule has 104 valence electrons. The second-order valence-corrected chi connectivity index (χ2v) is 5.25. The van der Waals surface area contributed by atoms with Crippen molar-refractivity contribution in [1.82, 2.24) is 16.0 Å². The van der Waals surface area contributed by atoms with Crippen LogP contribution in [0, 0.1) is 0 Å². The number of hydrogen-bond acceptors (Lipinski definition) is 3. The number of nitrogens with one attached hydrogen (secondary N) is 3. The molecule has 0 saturated carbocycles. The van der Waals surface area contributed by atoms with Crippen LogP contribution in [0.4, 0.5) is 0 Å². The van der Waals surface area contributed by atoms with Gasteiger partial charge < -0.3 is 16.0 Å². The molecule has 0 radical (unpaired) electrons. The van der Waals surface area contributed by atoms with Crippen molar-refractivity contribution in [2.75, 3.05) is 6.54 Å². The molecular formula is C13H25N3O2. The maximum atomic E-state index is 12.0. The van der Waals surface area contributed by atoms with E-state index in [1.54, 1.807) is 6.92 Å². The third-order valence-electron chi connectivity index (χ3n) is 3.06. The summed E-state index contributed by atoms with van der Waals surface area (Å²) < 4.78 is 0. The molecule has 5 nitrogen and oxygen atoms in total. The topological polar surface area (TPSA) is 70.2 Å². The second-order valence-electron chi connectivity index (χ2n) is 5.25. The normalized spacial score (nSPS) is 22.1. The van der Waals surface area contributed by atoms with Crippen molar-refractivity contribution in [1.29, 1.82) is 0 Å². The lowest BCUT2D eigenvalue weighted by atomic mass is 10.1. The average Bonchev–Trinajstić information content (AvgIpc) is 2.56. The maximum Gasteiger partial charge on any atom is 0.242 e. The first-order chi connectivity index (χ1) is 8.50. The minimum Gasteiger partial charge on any atom is -0.352 e. The smallest absolute Gasteiger partial charge is 0.242 e. The maximum absolute atomic E-state index is 12.0. The lowest BCUT2D eigenvalue weighted by Crippen LogP contribution is -2.52. The molecule has 2 atom stereocenters. The fourth-order valence-electron chi connectivity index (χ4n) is 2.04. The highest BCUT2D eigenvalue weighted by Gasteiger charge is 2.23. The Morgan fingerprint density at radius 3 is 2.50 bits per heavy atom. The molecule has 1 saturated heterocycles. The molecule has 0 aliphatic carbocycles. The molecule has 0 spiro atoms. The molecular weight excluding hydrogens is 230 g/mol. The van der Waals surface area contributed by atoms with Gasteiger partial charge in [-0.15, -0.1) is 0 Å². The predicted molar refractivity (Wildman–Crippen MR) is 71.1 cm³/mol. The fourth-order valence-corrected chi connectivity index (χ4v) is 2.04.